The number of benzene rings is 1. The first kappa shape index (κ1) is 19.8. The van der Waals surface area contributed by atoms with E-state index in [1.165, 1.54) is 11.3 Å². The van der Waals surface area contributed by atoms with E-state index in [0.29, 0.717) is 29.5 Å². The fourth-order valence-electron chi connectivity index (χ4n) is 4.88. The summed E-state index contributed by atoms with van der Waals surface area (Å²) in [6.07, 6.45) is 5.18. The van der Waals surface area contributed by atoms with Crippen molar-refractivity contribution in [3.63, 3.8) is 0 Å². The van der Waals surface area contributed by atoms with Crippen molar-refractivity contribution in [3.05, 3.63) is 35.4 Å². The number of fused-ring (bicyclic) bond motifs is 3. The number of rotatable bonds is 4. The summed E-state index contributed by atoms with van der Waals surface area (Å²) in [5, 5.41) is 2.93. The number of hydrogen-bond donors (Lipinski definition) is 2. The van der Waals surface area contributed by atoms with Crippen LogP contribution in [-0.4, -0.2) is 41.8 Å². The second-order valence-electron chi connectivity index (χ2n) is 7.80. The lowest BCUT2D eigenvalue weighted by atomic mass is 9.65. The van der Waals surface area contributed by atoms with Gasteiger partial charge >= 0.3 is 0 Å². The minimum atomic E-state index is -0.280. The Morgan fingerprint density at radius 2 is 1.63 bits per heavy atom. The monoisotopic (exact) mass is 391 g/mol. The Morgan fingerprint density at radius 1 is 1.07 bits per heavy atom. The Kier molecular flexibility index (Phi) is 5.86. The molecular weight excluding hydrogens is 366 g/mol. The first-order valence-electron chi connectivity index (χ1n) is 9.54. The molecule has 146 valence electrons. The normalized spacial score (nSPS) is 29.1. The third-order valence-electron chi connectivity index (χ3n) is 6.30. The van der Waals surface area contributed by atoms with Crippen LogP contribution in [0.5, 0.6) is 0 Å². The molecule has 1 aromatic rings. The fraction of sp³-hybridized carbons (Fsp3) is 0.550. The van der Waals surface area contributed by atoms with Gasteiger partial charge in [0.2, 0.25) is 5.91 Å². The van der Waals surface area contributed by atoms with Crippen LogP contribution in [0.3, 0.4) is 0 Å². The van der Waals surface area contributed by atoms with Gasteiger partial charge < -0.3 is 11.1 Å². The van der Waals surface area contributed by atoms with Crippen molar-refractivity contribution in [1.82, 2.24) is 10.2 Å². The van der Waals surface area contributed by atoms with Gasteiger partial charge in [0.05, 0.1) is 11.1 Å². The summed E-state index contributed by atoms with van der Waals surface area (Å²) in [5.41, 5.74) is 7.17. The molecular formula is C20H26ClN3O3. The average Bonchev–Trinajstić information content (AvgIpc) is 2.86. The highest BCUT2D eigenvalue weighted by atomic mass is 35.5. The zero-order chi connectivity index (χ0) is 18.3. The van der Waals surface area contributed by atoms with Crippen LogP contribution in [0.2, 0.25) is 0 Å². The molecule has 3 aliphatic rings. The van der Waals surface area contributed by atoms with Gasteiger partial charge in [0.1, 0.15) is 0 Å². The van der Waals surface area contributed by atoms with E-state index in [4.69, 9.17) is 5.73 Å². The second kappa shape index (κ2) is 7.98. The lowest BCUT2D eigenvalue weighted by Crippen LogP contribution is -2.49. The molecule has 1 heterocycles. The van der Waals surface area contributed by atoms with Crippen LogP contribution in [-0.2, 0) is 4.79 Å². The molecule has 27 heavy (non-hydrogen) atoms. The van der Waals surface area contributed by atoms with Gasteiger partial charge in [-0.15, -0.1) is 12.4 Å². The van der Waals surface area contributed by atoms with Gasteiger partial charge in [0.15, 0.2) is 0 Å². The molecule has 2 fully saturated rings. The van der Waals surface area contributed by atoms with Crippen molar-refractivity contribution >= 4 is 30.1 Å². The molecule has 6 nitrogen and oxygen atoms in total. The zero-order valence-electron chi connectivity index (χ0n) is 15.2. The first-order valence-corrected chi connectivity index (χ1v) is 9.54. The summed E-state index contributed by atoms with van der Waals surface area (Å²) < 4.78 is 0. The van der Waals surface area contributed by atoms with E-state index in [9.17, 15) is 14.4 Å². The van der Waals surface area contributed by atoms with Crippen LogP contribution in [0.25, 0.3) is 0 Å². The highest BCUT2D eigenvalue weighted by molar-refractivity contribution is 6.21. The molecule has 2 unspecified atom stereocenters. The maximum absolute atomic E-state index is 12.6. The minimum Gasteiger partial charge on any atom is -0.354 e. The van der Waals surface area contributed by atoms with Gasteiger partial charge in [-0.3, -0.25) is 19.3 Å². The molecule has 3 N–H and O–H groups in total. The Morgan fingerprint density at radius 3 is 2.19 bits per heavy atom. The van der Waals surface area contributed by atoms with Gasteiger partial charge in [-0.1, -0.05) is 18.6 Å². The van der Waals surface area contributed by atoms with Crippen LogP contribution in [0, 0.1) is 17.8 Å². The molecule has 0 radical (unpaired) electrons. The predicted molar refractivity (Wildman–Crippen MR) is 104 cm³/mol. The number of carbonyl (C=O) groups excluding carboxylic acids is 3. The smallest absolute Gasteiger partial charge is 0.261 e. The third kappa shape index (κ3) is 3.60. The Labute approximate surface area is 165 Å². The van der Waals surface area contributed by atoms with Crippen molar-refractivity contribution in [2.45, 2.75) is 38.1 Å². The quantitative estimate of drug-likeness (QED) is 0.767. The van der Waals surface area contributed by atoms with Crippen LogP contribution >= 0.6 is 12.4 Å². The van der Waals surface area contributed by atoms with Gasteiger partial charge in [0.25, 0.3) is 11.8 Å². The third-order valence-corrected chi connectivity index (χ3v) is 6.30. The summed E-state index contributed by atoms with van der Waals surface area (Å²) >= 11 is 0. The van der Waals surface area contributed by atoms with Crippen molar-refractivity contribution < 1.29 is 14.4 Å². The topological polar surface area (TPSA) is 92.5 Å². The first-order chi connectivity index (χ1) is 12.6. The summed E-state index contributed by atoms with van der Waals surface area (Å²) in [7, 11) is 0. The fourth-order valence-corrected chi connectivity index (χ4v) is 4.88. The van der Waals surface area contributed by atoms with Crippen molar-refractivity contribution in [1.29, 1.82) is 0 Å². The summed E-state index contributed by atoms with van der Waals surface area (Å²) in [4.78, 5) is 38.4. The average molecular weight is 392 g/mol. The van der Waals surface area contributed by atoms with E-state index >= 15 is 0 Å². The maximum Gasteiger partial charge on any atom is 0.261 e. The predicted octanol–water partition coefficient (Wildman–Crippen LogP) is 1.97. The molecule has 4 rings (SSSR count). The lowest BCUT2D eigenvalue weighted by Gasteiger charge is -2.43. The van der Waals surface area contributed by atoms with E-state index in [1.807, 2.05) is 0 Å². The maximum atomic E-state index is 12.6. The van der Waals surface area contributed by atoms with E-state index in [2.05, 4.69) is 5.32 Å². The molecule has 0 spiro atoms. The molecule has 7 heteroatoms. The standard InChI is InChI=1S/C20H25N3O3.ClH/c21-17-12-4-3-5-13(17)11-14(10-12)18(24)22-8-9-23-19(25)15-6-1-2-7-16(15)20(23)26;/h1-2,6-7,12-14,17H,3-5,8-11,21H2,(H,22,24);1H. The molecule has 2 bridgehead atoms. The lowest BCUT2D eigenvalue weighted by molar-refractivity contribution is -0.127. The molecule has 0 aromatic heterocycles. The highest BCUT2D eigenvalue weighted by Gasteiger charge is 2.40. The van der Waals surface area contributed by atoms with Gasteiger partial charge in [-0.05, 0) is 49.7 Å². The Bertz CT molecular complexity index is 705. The summed E-state index contributed by atoms with van der Waals surface area (Å²) in [6, 6.07) is 7.07. The van der Waals surface area contributed by atoms with Crippen LogP contribution < -0.4 is 11.1 Å². The number of nitrogens with zero attached hydrogens (tertiary/aromatic N) is 1. The zero-order valence-corrected chi connectivity index (χ0v) is 16.0. The number of amides is 3. The number of imide groups is 1. The molecule has 3 amide bonds. The number of halogens is 1. The van der Waals surface area contributed by atoms with Crippen LogP contribution in [0.15, 0.2) is 24.3 Å². The summed E-state index contributed by atoms with van der Waals surface area (Å²) in [6.45, 7) is 0.499. The largest absolute Gasteiger partial charge is 0.354 e. The second-order valence-corrected chi connectivity index (χ2v) is 7.80. The van der Waals surface area contributed by atoms with Crippen LogP contribution in [0.1, 0.15) is 52.8 Å². The van der Waals surface area contributed by atoms with Crippen molar-refractivity contribution in [3.8, 4) is 0 Å². The molecule has 2 saturated carbocycles. The van der Waals surface area contributed by atoms with E-state index in [-0.39, 0.29) is 48.6 Å². The molecule has 0 saturated heterocycles. The van der Waals surface area contributed by atoms with Crippen molar-refractivity contribution in [2.75, 3.05) is 13.1 Å². The minimum absolute atomic E-state index is 0. The summed E-state index contributed by atoms with van der Waals surface area (Å²) in [5.74, 6) is 0.387. The number of nitrogens with two attached hydrogens (primary N) is 1. The molecule has 2 atom stereocenters. The van der Waals surface area contributed by atoms with Crippen LogP contribution in [0.4, 0.5) is 0 Å². The van der Waals surface area contributed by atoms with Gasteiger partial charge in [-0.25, -0.2) is 0 Å². The highest BCUT2D eigenvalue weighted by Crippen LogP contribution is 2.41. The molecule has 1 aromatic carbocycles. The Balaban J connectivity index is 0.00000210. The van der Waals surface area contributed by atoms with Gasteiger partial charge in [-0.2, -0.15) is 0 Å². The van der Waals surface area contributed by atoms with E-state index in [1.54, 1.807) is 24.3 Å². The number of nitrogens with one attached hydrogen (secondary N) is 1. The van der Waals surface area contributed by atoms with Gasteiger partial charge in [0, 0.05) is 25.0 Å². The Hall–Kier alpha value is -1.92. The molecule has 1 aliphatic heterocycles. The molecule has 2 aliphatic carbocycles. The van der Waals surface area contributed by atoms with Crippen molar-refractivity contribution in [2.24, 2.45) is 23.5 Å². The van der Waals surface area contributed by atoms with E-state index in [0.717, 1.165) is 25.7 Å². The number of carbonyl (C=O) groups is 3. The van der Waals surface area contributed by atoms with E-state index < -0.39 is 0 Å². The number of hydrogen-bond acceptors (Lipinski definition) is 4. The SMILES string of the molecule is Cl.NC1C2CCCC1CC(C(=O)NCCN1C(=O)c3ccccc3C1=O)C2.